The summed E-state index contributed by atoms with van der Waals surface area (Å²) in [7, 11) is 0. The predicted octanol–water partition coefficient (Wildman–Crippen LogP) is 3.04. The minimum absolute atomic E-state index is 0.133. The highest BCUT2D eigenvalue weighted by atomic mass is 16.5. The van der Waals surface area contributed by atoms with Crippen molar-refractivity contribution in [3.63, 3.8) is 0 Å². The lowest BCUT2D eigenvalue weighted by atomic mass is 9.99. The lowest BCUT2D eigenvalue weighted by Crippen LogP contribution is -2.57. The number of morpholine rings is 1. The van der Waals surface area contributed by atoms with Crippen molar-refractivity contribution in [1.29, 1.82) is 0 Å². The van der Waals surface area contributed by atoms with Crippen molar-refractivity contribution in [2.75, 3.05) is 18.0 Å². The zero-order chi connectivity index (χ0) is 13.4. The molecule has 18 heavy (non-hydrogen) atoms. The van der Waals surface area contributed by atoms with Gasteiger partial charge in [-0.2, -0.15) is 0 Å². The Morgan fingerprint density at radius 1 is 1.17 bits per heavy atom. The van der Waals surface area contributed by atoms with Gasteiger partial charge in [0.25, 0.3) is 0 Å². The van der Waals surface area contributed by atoms with Crippen LogP contribution >= 0.6 is 0 Å². The van der Waals surface area contributed by atoms with Crippen LogP contribution in [0.25, 0.3) is 0 Å². The molecule has 0 amide bonds. The second-order valence-electron chi connectivity index (χ2n) is 6.32. The van der Waals surface area contributed by atoms with Crippen LogP contribution in [0.2, 0.25) is 0 Å². The molecule has 3 heteroatoms. The normalized spacial score (nSPS) is 21.9. The van der Waals surface area contributed by atoms with E-state index in [1.165, 1.54) is 0 Å². The Morgan fingerprint density at radius 3 is 2.33 bits per heavy atom. The zero-order valence-corrected chi connectivity index (χ0v) is 12.2. The first kappa shape index (κ1) is 13.3. The number of ether oxygens (including phenoxy) is 1. The first-order valence-electron chi connectivity index (χ1n) is 6.72. The Labute approximate surface area is 110 Å². The van der Waals surface area contributed by atoms with Crippen LogP contribution in [-0.2, 0) is 11.2 Å². The number of pyridine rings is 1. The fourth-order valence-corrected chi connectivity index (χ4v) is 2.79. The highest BCUT2D eigenvalue weighted by Crippen LogP contribution is 2.30. The summed E-state index contributed by atoms with van der Waals surface area (Å²) in [6.07, 6.45) is 0.977. The lowest BCUT2D eigenvalue weighted by Gasteiger charge is -2.47. The minimum Gasteiger partial charge on any atom is -0.366 e. The van der Waals surface area contributed by atoms with E-state index in [2.05, 4.69) is 57.7 Å². The molecule has 1 saturated heterocycles. The topological polar surface area (TPSA) is 25.4 Å². The van der Waals surface area contributed by atoms with E-state index in [0.717, 1.165) is 31.0 Å². The molecule has 0 bridgehead atoms. The van der Waals surface area contributed by atoms with Crippen LogP contribution in [-0.4, -0.2) is 29.3 Å². The second kappa shape index (κ2) is 4.54. The minimum atomic E-state index is -0.133. The van der Waals surface area contributed by atoms with Crippen LogP contribution in [0, 0.1) is 0 Å². The lowest BCUT2D eigenvalue weighted by molar-refractivity contribution is -0.133. The predicted molar refractivity (Wildman–Crippen MR) is 75.1 cm³/mol. The Hall–Kier alpha value is -1.09. The Bertz CT molecular complexity index is 410. The van der Waals surface area contributed by atoms with Gasteiger partial charge in [-0.05, 0) is 46.2 Å². The van der Waals surface area contributed by atoms with Crippen LogP contribution in [0.15, 0.2) is 18.2 Å². The third kappa shape index (κ3) is 3.02. The van der Waals surface area contributed by atoms with Crippen molar-refractivity contribution in [2.24, 2.45) is 0 Å². The summed E-state index contributed by atoms with van der Waals surface area (Å²) in [6.45, 7) is 12.5. The average molecular weight is 248 g/mol. The maximum absolute atomic E-state index is 6.10. The molecule has 0 spiro atoms. The number of nitrogens with zero attached hydrogens (tertiary/aromatic N) is 2. The summed E-state index contributed by atoms with van der Waals surface area (Å²) < 4.78 is 6.10. The van der Waals surface area contributed by atoms with E-state index in [9.17, 15) is 0 Å². The number of rotatable bonds is 2. The molecule has 1 aliphatic rings. The number of aromatic nitrogens is 1. The van der Waals surface area contributed by atoms with Gasteiger partial charge in [-0.1, -0.05) is 13.0 Å². The molecular formula is C15H24N2O. The third-order valence-electron chi connectivity index (χ3n) is 3.17. The molecule has 1 fully saturated rings. The molecule has 1 aromatic heterocycles. The fraction of sp³-hybridized carbons (Fsp3) is 0.667. The third-order valence-corrected chi connectivity index (χ3v) is 3.17. The smallest absolute Gasteiger partial charge is 0.128 e. The summed E-state index contributed by atoms with van der Waals surface area (Å²) in [4.78, 5) is 7.05. The Balaban J connectivity index is 2.26. The van der Waals surface area contributed by atoms with Gasteiger partial charge in [0.05, 0.1) is 11.2 Å². The van der Waals surface area contributed by atoms with Gasteiger partial charge >= 0.3 is 0 Å². The molecule has 1 aliphatic heterocycles. The van der Waals surface area contributed by atoms with Crippen molar-refractivity contribution >= 4 is 5.82 Å². The maximum Gasteiger partial charge on any atom is 0.128 e. The number of aryl methyl sites for hydroxylation is 1. The van der Waals surface area contributed by atoms with Crippen molar-refractivity contribution in [1.82, 2.24) is 4.98 Å². The van der Waals surface area contributed by atoms with E-state index in [0.29, 0.717) is 0 Å². The molecule has 100 valence electrons. The maximum atomic E-state index is 6.10. The van der Waals surface area contributed by atoms with Crippen LogP contribution < -0.4 is 4.90 Å². The first-order valence-corrected chi connectivity index (χ1v) is 6.72. The Kier molecular flexibility index (Phi) is 3.37. The summed E-state index contributed by atoms with van der Waals surface area (Å²) in [5.41, 5.74) is 0.881. The Morgan fingerprint density at radius 2 is 1.78 bits per heavy atom. The van der Waals surface area contributed by atoms with Crippen molar-refractivity contribution < 1.29 is 4.74 Å². The number of hydrogen-bond donors (Lipinski definition) is 0. The highest BCUT2D eigenvalue weighted by molar-refractivity contribution is 5.41. The molecule has 0 aromatic carbocycles. The molecule has 2 heterocycles. The quantitative estimate of drug-likeness (QED) is 0.804. The largest absolute Gasteiger partial charge is 0.366 e. The standard InChI is InChI=1S/C15H24N2O/c1-6-12-8-7-9-13(16-12)17-10-14(2,3)18-15(4,5)11-17/h7-9H,6,10-11H2,1-5H3. The first-order chi connectivity index (χ1) is 8.31. The van der Waals surface area contributed by atoms with Gasteiger partial charge in [0.15, 0.2) is 0 Å². The molecule has 0 atom stereocenters. The van der Waals surface area contributed by atoms with Crippen LogP contribution in [0.5, 0.6) is 0 Å². The molecule has 0 aliphatic carbocycles. The number of anilines is 1. The van der Waals surface area contributed by atoms with Gasteiger partial charge < -0.3 is 9.64 Å². The van der Waals surface area contributed by atoms with Gasteiger partial charge in [0.2, 0.25) is 0 Å². The van der Waals surface area contributed by atoms with Gasteiger partial charge in [-0.25, -0.2) is 4.98 Å². The van der Waals surface area contributed by atoms with E-state index < -0.39 is 0 Å². The molecule has 3 nitrogen and oxygen atoms in total. The van der Waals surface area contributed by atoms with Crippen molar-refractivity contribution in [3.05, 3.63) is 23.9 Å². The van der Waals surface area contributed by atoms with Gasteiger partial charge in [0, 0.05) is 18.8 Å². The average Bonchev–Trinajstić information content (AvgIpc) is 2.25. The van der Waals surface area contributed by atoms with Crippen molar-refractivity contribution in [2.45, 2.75) is 52.2 Å². The van der Waals surface area contributed by atoms with E-state index in [1.54, 1.807) is 0 Å². The van der Waals surface area contributed by atoms with E-state index >= 15 is 0 Å². The molecule has 0 N–H and O–H groups in total. The van der Waals surface area contributed by atoms with E-state index in [4.69, 9.17) is 9.72 Å². The van der Waals surface area contributed by atoms with E-state index in [-0.39, 0.29) is 11.2 Å². The fourth-order valence-electron chi connectivity index (χ4n) is 2.79. The SMILES string of the molecule is CCc1cccc(N2CC(C)(C)OC(C)(C)C2)n1. The molecule has 0 radical (unpaired) electrons. The monoisotopic (exact) mass is 248 g/mol. The van der Waals surface area contributed by atoms with Gasteiger partial charge in [-0.3, -0.25) is 0 Å². The summed E-state index contributed by atoms with van der Waals surface area (Å²) >= 11 is 0. The molecule has 1 aromatic rings. The van der Waals surface area contributed by atoms with Crippen LogP contribution in [0.4, 0.5) is 5.82 Å². The summed E-state index contributed by atoms with van der Waals surface area (Å²) in [6, 6.07) is 6.27. The van der Waals surface area contributed by atoms with E-state index in [1.807, 2.05) is 0 Å². The zero-order valence-electron chi connectivity index (χ0n) is 12.2. The molecule has 2 rings (SSSR count). The highest BCUT2D eigenvalue weighted by Gasteiger charge is 2.38. The summed E-state index contributed by atoms with van der Waals surface area (Å²) in [5, 5.41) is 0. The molecule has 0 saturated carbocycles. The van der Waals surface area contributed by atoms with Crippen LogP contribution in [0.3, 0.4) is 0 Å². The van der Waals surface area contributed by atoms with Gasteiger partial charge in [-0.15, -0.1) is 0 Å². The second-order valence-corrected chi connectivity index (χ2v) is 6.32. The van der Waals surface area contributed by atoms with Crippen LogP contribution in [0.1, 0.15) is 40.3 Å². The number of hydrogen-bond acceptors (Lipinski definition) is 3. The molecule has 0 unspecified atom stereocenters. The molecular weight excluding hydrogens is 224 g/mol. The van der Waals surface area contributed by atoms with Gasteiger partial charge in [0.1, 0.15) is 5.82 Å². The summed E-state index contributed by atoms with van der Waals surface area (Å²) in [5.74, 6) is 1.07. The van der Waals surface area contributed by atoms with Crippen molar-refractivity contribution in [3.8, 4) is 0 Å².